The van der Waals surface area contributed by atoms with Crippen molar-refractivity contribution in [3.05, 3.63) is 47.6 Å². The monoisotopic (exact) mass is 536 g/mol. The van der Waals surface area contributed by atoms with Gasteiger partial charge in [-0.3, -0.25) is 19.1 Å². The van der Waals surface area contributed by atoms with Crippen molar-refractivity contribution in [3.8, 4) is 10.6 Å². The number of aryl methyl sites for hydroxylation is 1. The third-order valence-corrected chi connectivity index (χ3v) is 8.19. The lowest BCUT2D eigenvalue weighted by Crippen LogP contribution is -2.51. The number of nitrogens with one attached hydrogen (secondary N) is 1. The number of piperazine rings is 1. The van der Waals surface area contributed by atoms with Gasteiger partial charge in [-0.25, -0.2) is 4.98 Å². The molecule has 11 heteroatoms. The summed E-state index contributed by atoms with van der Waals surface area (Å²) in [6.45, 7) is 5.02. The Balaban J connectivity index is 1.19. The van der Waals surface area contributed by atoms with Crippen molar-refractivity contribution in [2.45, 2.75) is 39.2 Å². The summed E-state index contributed by atoms with van der Waals surface area (Å²) < 4.78 is 1.75. The average molecular weight is 537 g/mol. The predicted molar refractivity (Wildman–Crippen MR) is 145 cm³/mol. The van der Waals surface area contributed by atoms with Crippen molar-refractivity contribution in [1.29, 1.82) is 0 Å². The van der Waals surface area contributed by atoms with Crippen LogP contribution in [0.1, 0.15) is 43.1 Å². The van der Waals surface area contributed by atoms with Crippen LogP contribution in [-0.4, -0.2) is 68.7 Å². The molecule has 1 aliphatic carbocycles. The maximum Gasteiger partial charge on any atom is 0.307 e. The van der Waals surface area contributed by atoms with E-state index in [9.17, 15) is 19.5 Å². The molecule has 5 rings (SSSR count). The number of hydrogen-bond acceptors (Lipinski definition) is 7. The summed E-state index contributed by atoms with van der Waals surface area (Å²) in [6.07, 6.45) is 4.52. The second-order valence-electron chi connectivity index (χ2n) is 9.77. The van der Waals surface area contributed by atoms with E-state index in [1.807, 2.05) is 42.6 Å². The first-order chi connectivity index (χ1) is 18.4. The van der Waals surface area contributed by atoms with Crippen LogP contribution < -0.4 is 10.2 Å². The van der Waals surface area contributed by atoms with E-state index in [4.69, 9.17) is 0 Å². The normalized spacial score (nSPS) is 19.5. The van der Waals surface area contributed by atoms with Crippen molar-refractivity contribution >= 4 is 40.6 Å². The number of carboxylic acids is 1. The molecule has 2 amide bonds. The van der Waals surface area contributed by atoms with Gasteiger partial charge in [-0.2, -0.15) is 5.10 Å². The number of rotatable bonds is 8. The fourth-order valence-corrected chi connectivity index (χ4v) is 5.99. The summed E-state index contributed by atoms with van der Waals surface area (Å²) in [6, 6.07) is 9.47. The van der Waals surface area contributed by atoms with Crippen LogP contribution >= 0.6 is 11.3 Å². The number of nitrogens with zero attached hydrogens (tertiary/aromatic N) is 5. The van der Waals surface area contributed by atoms with Crippen LogP contribution in [0.25, 0.3) is 10.6 Å². The van der Waals surface area contributed by atoms with Crippen LogP contribution in [0.5, 0.6) is 0 Å². The number of pyridine rings is 1. The molecule has 0 bridgehead atoms. The summed E-state index contributed by atoms with van der Waals surface area (Å²) in [5.41, 5.74) is 1.89. The zero-order valence-corrected chi connectivity index (χ0v) is 22.2. The van der Waals surface area contributed by atoms with Gasteiger partial charge in [0.1, 0.15) is 17.2 Å². The van der Waals surface area contributed by atoms with Gasteiger partial charge in [-0.1, -0.05) is 19.4 Å². The molecule has 1 saturated heterocycles. The van der Waals surface area contributed by atoms with E-state index < -0.39 is 17.8 Å². The summed E-state index contributed by atoms with van der Waals surface area (Å²) in [5.74, 6) is -1.33. The van der Waals surface area contributed by atoms with E-state index >= 15 is 0 Å². The Morgan fingerprint density at radius 1 is 1.11 bits per heavy atom. The highest BCUT2D eigenvalue weighted by Crippen LogP contribution is 2.34. The third kappa shape index (κ3) is 5.42. The van der Waals surface area contributed by atoms with Crippen molar-refractivity contribution in [2.24, 2.45) is 11.8 Å². The Hall–Kier alpha value is -3.73. The average Bonchev–Trinajstić information content (AvgIpc) is 3.70. The highest BCUT2D eigenvalue weighted by atomic mass is 32.1. The molecule has 200 valence electrons. The van der Waals surface area contributed by atoms with Gasteiger partial charge in [0.05, 0.1) is 28.6 Å². The Kier molecular flexibility index (Phi) is 7.73. The van der Waals surface area contributed by atoms with E-state index in [1.165, 1.54) is 0 Å². The summed E-state index contributed by atoms with van der Waals surface area (Å²) >= 11 is 1.59. The molecule has 1 saturated carbocycles. The van der Waals surface area contributed by atoms with Crippen LogP contribution in [0.4, 0.5) is 11.5 Å². The molecule has 3 aromatic rings. The van der Waals surface area contributed by atoms with Gasteiger partial charge in [0.15, 0.2) is 0 Å². The zero-order chi connectivity index (χ0) is 26.6. The number of hydrogen-bond donors (Lipinski definition) is 2. The second-order valence-corrected chi connectivity index (χ2v) is 10.7. The van der Waals surface area contributed by atoms with Crippen molar-refractivity contribution in [1.82, 2.24) is 19.7 Å². The number of amides is 2. The van der Waals surface area contributed by atoms with Crippen molar-refractivity contribution < 1.29 is 19.5 Å². The van der Waals surface area contributed by atoms with E-state index in [0.717, 1.165) is 29.2 Å². The minimum Gasteiger partial charge on any atom is -0.481 e. The van der Waals surface area contributed by atoms with E-state index in [1.54, 1.807) is 27.1 Å². The number of aromatic nitrogens is 3. The SMILES string of the molecule is CCCn1nc(-c2cccs2)cc1C(=O)Nc1ccc(N2CCN(C(=O)[C@H]3CCC[C@@H]3C(=O)O)CC2)nc1. The molecule has 2 N–H and O–H groups in total. The van der Waals surface area contributed by atoms with E-state index in [2.05, 4.69) is 20.3 Å². The van der Waals surface area contributed by atoms with Crippen LogP contribution in [0, 0.1) is 11.8 Å². The van der Waals surface area contributed by atoms with Crippen LogP contribution in [0.3, 0.4) is 0 Å². The number of carbonyl (C=O) groups excluding carboxylic acids is 2. The van der Waals surface area contributed by atoms with E-state index in [0.29, 0.717) is 56.9 Å². The first-order valence-electron chi connectivity index (χ1n) is 13.1. The van der Waals surface area contributed by atoms with E-state index in [-0.39, 0.29) is 11.8 Å². The van der Waals surface area contributed by atoms with Crippen LogP contribution in [0.2, 0.25) is 0 Å². The number of aliphatic carboxylic acids is 1. The van der Waals surface area contributed by atoms with Gasteiger partial charge in [0.2, 0.25) is 5.91 Å². The first-order valence-corrected chi connectivity index (χ1v) is 14.0. The molecule has 4 heterocycles. The van der Waals surface area contributed by atoms with Gasteiger partial charge >= 0.3 is 5.97 Å². The summed E-state index contributed by atoms with van der Waals surface area (Å²) in [4.78, 5) is 47.0. The zero-order valence-electron chi connectivity index (χ0n) is 21.4. The molecule has 0 unspecified atom stereocenters. The molecule has 10 nitrogen and oxygen atoms in total. The Bertz CT molecular complexity index is 1280. The van der Waals surface area contributed by atoms with Crippen LogP contribution in [0.15, 0.2) is 41.9 Å². The molecule has 38 heavy (non-hydrogen) atoms. The maximum absolute atomic E-state index is 13.1. The Morgan fingerprint density at radius 2 is 1.89 bits per heavy atom. The molecular weight excluding hydrogens is 504 g/mol. The number of thiophene rings is 1. The van der Waals surface area contributed by atoms with Gasteiger partial charge < -0.3 is 20.2 Å². The highest BCUT2D eigenvalue weighted by Gasteiger charge is 2.40. The smallest absolute Gasteiger partial charge is 0.307 e. The minimum absolute atomic E-state index is 0.0369. The van der Waals surface area contributed by atoms with Crippen molar-refractivity contribution in [3.63, 3.8) is 0 Å². The molecule has 2 fully saturated rings. The highest BCUT2D eigenvalue weighted by molar-refractivity contribution is 7.13. The van der Waals surface area contributed by atoms with Crippen LogP contribution in [-0.2, 0) is 16.1 Å². The second kappa shape index (κ2) is 11.3. The molecule has 0 spiro atoms. The predicted octanol–water partition coefficient (Wildman–Crippen LogP) is 3.82. The summed E-state index contributed by atoms with van der Waals surface area (Å²) in [7, 11) is 0. The van der Waals surface area contributed by atoms with Gasteiger partial charge in [0.25, 0.3) is 5.91 Å². The molecule has 3 aromatic heterocycles. The fourth-order valence-electron chi connectivity index (χ4n) is 5.31. The largest absolute Gasteiger partial charge is 0.481 e. The molecule has 2 aliphatic rings. The first kappa shape index (κ1) is 25.9. The topological polar surface area (TPSA) is 121 Å². The lowest BCUT2D eigenvalue weighted by atomic mass is 9.94. The number of carbonyl (C=O) groups is 3. The molecule has 0 radical (unpaired) electrons. The molecular formula is C27H32N6O4S. The lowest BCUT2D eigenvalue weighted by molar-refractivity contribution is -0.149. The van der Waals surface area contributed by atoms with Gasteiger partial charge in [-0.05, 0) is 48.9 Å². The number of carboxylic acid groups (broad SMARTS) is 1. The van der Waals surface area contributed by atoms with Gasteiger partial charge in [-0.15, -0.1) is 11.3 Å². The fraction of sp³-hybridized carbons (Fsp3) is 0.444. The third-order valence-electron chi connectivity index (χ3n) is 7.29. The Labute approximate surface area is 225 Å². The maximum atomic E-state index is 13.1. The van der Waals surface area contributed by atoms with Crippen molar-refractivity contribution in [2.75, 3.05) is 36.4 Å². The van der Waals surface area contributed by atoms with Gasteiger partial charge in [0, 0.05) is 32.7 Å². The lowest BCUT2D eigenvalue weighted by Gasteiger charge is -2.37. The number of anilines is 2. The minimum atomic E-state index is -0.867. The standard InChI is InChI=1S/C27H32N6O4S/c1-2-10-33-22(16-21(30-33)23-7-4-15-38-23)25(34)29-18-8-9-24(28-17-18)31-11-13-32(14-12-31)26(35)19-5-3-6-20(19)27(36)37/h4,7-9,15-17,19-20H,2-3,5-6,10-14H2,1H3,(H,29,34)(H,36,37)/t19-,20-/m0/s1. The Morgan fingerprint density at radius 3 is 2.55 bits per heavy atom. The molecule has 2 atom stereocenters. The summed E-state index contributed by atoms with van der Waals surface area (Å²) in [5, 5.41) is 19.0. The molecule has 1 aliphatic heterocycles. The quantitative estimate of drug-likeness (QED) is 0.449. The molecule has 0 aromatic carbocycles.